The van der Waals surface area contributed by atoms with E-state index in [-0.39, 0.29) is 29.6 Å². The molecule has 0 amide bonds. The zero-order chi connectivity index (χ0) is 55.7. The number of anilines is 2. The third-order valence-electron chi connectivity index (χ3n) is 19.9. The van der Waals surface area contributed by atoms with Gasteiger partial charge >= 0.3 is 0 Å². The van der Waals surface area contributed by atoms with Gasteiger partial charge in [-0.2, -0.15) is 0 Å². The van der Waals surface area contributed by atoms with Gasteiger partial charge in [-0.05, 0) is 143 Å². The predicted octanol–water partition coefficient (Wildman–Crippen LogP) is 17.3. The molecule has 0 saturated heterocycles. The number of ether oxygens (including phenoxy) is 2. The Bertz CT molecular complexity index is 4810. The van der Waals surface area contributed by atoms with Gasteiger partial charge in [-0.1, -0.05) is 227 Å². The minimum atomic E-state index is -0.222. The molecule has 4 atom stereocenters. The summed E-state index contributed by atoms with van der Waals surface area (Å²) in [4.78, 5) is 6.93. The maximum absolute atomic E-state index is 7.22. The van der Waals surface area contributed by atoms with Crippen LogP contribution in [0.2, 0.25) is 0 Å². The Morgan fingerprint density at radius 3 is 1.98 bits per heavy atom. The summed E-state index contributed by atoms with van der Waals surface area (Å²) in [7, 11) is 0. The third-order valence-corrected chi connectivity index (χ3v) is 23.1. The molecule has 0 fully saturated rings. The van der Waals surface area contributed by atoms with Gasteiger partial charge in [0.15, 0.2) is 6.23 Å². The molecule has 8 heteroatoms. The molecule has 0 saturated carbocycles. The van der Waals surface area contributed by atoms with E-state index in [0.29, 0.717) is 17.8 Å². The largest absolute Gasteiger partial charge is 0.470 e. The lowest BCUT2D eigenvalue weighted by atomic mass is 9.30. The average Bonchev–Trinajstić information content (AvgIpc) is 1.61. The Kier molecular flexibility index (Phi) is 10.5. The molecule has 11 aromatic carbocycles. The van der Waals surface area contributed by atoms with Crippen molar-refractivity contribution in [2.75, 3.05) is 4.90 Å². The molecule has 6 heterocycles. The summed E-state index contributed by atoms with van der Waals surface area (Å²) in [6.45, 7) is 10.3. The van der Waals surface area contributed by atoms with Crippen molar-refractivity contribution in [3.05, 3.63) is 275 Å². The number of fused-ring (bicyclic) bond motifs is 18. The summed E-state index contributed by atoms with van der Waals surface area (Å²) in [5, 5.41) is 6.66. The highest BCUT2D eigenvalue weighted by atomic mass is 32.2. The number of rotatable bonds is 3. The van der Waals surface area contributed by atoms with E-state index in [1.807, 2.05) is 11.8 Å². The van der Waals surface area contributed by atoms with E-state index in [2.05, 4.69) is 292 Å². The first-order valence-corrected chi connectivity index (χ1v) is 31.4. The molecule has 4 unspecified atom stereocenters. The van der Waals surface area contributed by atoms with E-state index in [4.69, 9.17) is 9.47 Å². The zero-order valence-corrected chi connectivity index (χ0v) is 48.7. The summed E-state index contributed by atoms with van der Waals surface area (Å²) in [5.41, 5.74) is 20.2. The third kappa shape index (κ3) is 6.72. The van der Waals surface area contributed by atoms with Crippen LogP contribution in [-0.2, 0) is 10.8 Å². The van der Waals surface area contributed by atoms with Crippen LogP contribution < -0.4 is 30.8 Å². The molecule has 19 rings (SSSR count). The summed E-state index contributed by atoms with van der Waals surface area (Å²) in [5.74, 6) is 3.19. The van der Waals surface area contributed by atoms with E-state index in [1.54, 1.807) is 21.4 Å². The second kappa shape index (κ2) is 18.0. The van der Waals surface area contributed by atoms with E-state index >= 15 is 0 Å². The number of nitrogens with zero attached hydrogens (tertiary/aromatic N) is 2. The van der Waals surface area contributed by atoms with Crippen LogP contribution >= 0.6 is 23.5 Å². The monoisotopic (exact) mass is 1110 g/mol. The van der Waals surface area contributed by atoms with Crippen LogP contribution in [0.25, 0.3) is 54.7 Å². The summed E-state index contributed by atoms with van der Waals surface area (Å²) in [6.07, 6.45) is -0.222. The fraction of sp³-hybridized carbons (Fsp3) is 0.132. The smallest absolute Gasteiger partial charge is 0.240 e. The number of para-hydroxylation sites is 4. The number of aromatic nitrogens is 1. The Morgan fingerprint density at radius 2 is 1.14 bits per heavy atom. The highest BCUT2D eigenvalue weighted by Gasteiger charge is 2.60. The predicted molar refractivity (Wildman–Crippen MR) is 353 cm³/mol. The van der Waals surface area contributed by atoms with E-state index in [9.17, 15) is 0 Å². The van der Waals surface area contributed by atoms with Gasteiger partial charge in [0.2, 0.25) is 19.3 Å². The molecule has 12 aromatic rings. The maximum atomic E-state index is 7.22. The Hall–Kier alpha value is -8.55. The molecule has 0 radical (unpaired) electrons. The van der Waals surface area contributed by atoms with Crippen molar-refractivity contribution >= 4 is 103 Å². The molecule has 5 aliphatic heterocycles. The van der Waals surface area contributed by atoms with Crippen LogP contribution in [0.15, 0.2) is 257 Å². The normalized spacial score (nSPS) is 19.8. The fourth-order valence-corrected chi connectivity index (χ4v) is 19.5. The zero-order valence-electron chi connectivity index (χ0n) is 47.1. The molecule has 84 heavy (non-hydrogen) atoms. The lowest BCUT2D eigenvalue weighted by Gasteiger charge is -2.42. The van der Waals surface area contributed by atoms with E-state index in [0.717, 1.165) is 50.5 Å². The van der Waals surface area contributed by atoms with Crippen LogP contribution in [0.5, 0.6) is 17.4 Å². The first-order chi connectivity index (χ1) is 41.2. The molecular formula is C76H56B2N2O2S2. The Morgan fingerprint density at radius 1 is 0.488 bits per heavy atom. The lowest BCUT2D eigenvalue weighted by Crippen LogP contribution is -2.59. The summed E-state index contributed by atoms with van der Waals surface area (Å²) >= 11 is 4.19. The number of hydrogen-bond acceptors (Lipinski definition) is 5. The minimum absolute atomic E-state index is 0.0231. The van der Waals surface area contributed by atoms with Crippen LogP contribution in [-0.4, -0.2) is 29.5 Å². The topological polar surface area (TPSA) is 26.6 Å². The molecule has 0 N–H and O–H groups in total. The second-order valence-corrected chi connectivity index (χ2v) is 27.1. The maximum Gasteiger partial charge on any atom is 0.240 e. The van der Waals surface area contributed by atoms with Crippen molar-refractivity contribution < 1.29 is 9.47 Å². The molecule has 7 aliphatic rings. The van der Waals surface area contributed by atoms with Crippen LogP contribution in [0, 0.1) is 0 Å². The van der Waals surface area contributed by atoms with Crippen molar-refractivity contribution in [3.8, 4) is 34.2 Å². The van der Waals surface area contributed by atoms with Crippen molar-refractivity contribution in [1.29, 1.82) is 0 Å². The second-order valence-electron chi connectivity index (χ2n) is 24.9. The van der Waals surface area contributed by atoms with Gasteiger partial charge in [0.05, 0.1) is 5.52 Å². The Balaban J connectivity index is 0.000000128. The highest BCUT2D eigenvalue weighted by Crippen LogP contribution is 2.64. The van der Waals surface area contributed by atoms with Crippen molar-refractivity contribution in [2.45, 2.75) is 71.4 Å². The molecule has 0 spiro atoms. The van der Waals surface area contributed by atoms with Crippen molar-refractivity contribution in [3.63, 3.8) is 0 Å². The van der Waals surface area contributed by atoms with Gasteiger partial charge in [0.1, 0.15) is 11.5 Å². The molecule has 400 valence electrons. The SMILES string of the molecule is CC1(C)C2=C(B3c4c(cccc4SC4C3c3cc5cccc(-c6ccccc6)c5cc3C4(C)C)S2)c2ccccc21.c1ccc(N2c3ccccc3C3B4c5c(cc6ccccc6c5OC32)Oc2c4c3ccccc3n2-c2ccccc2)cc1. The number of allylic oxidation sites excluding steroid dienone is 1. The van der Waals surface area contributed by atoms with Gasteiger partial charge in [-0.3, -0.25) is 4.57 Å². The molecule has 1 aromatic heterocycles. The van der Waals surface area contributed by atoms with Gasteiger partial charge in [-0.15, -0.1) is 11.8 Å². The fourth-order valence-electron chi connectivity index (χ4n) is 16.3. The Labute approximate surface area is 499 Å². The number of thioether (sulfide) groups is 2. The lowest BCUT2D eigenvalue weighted by molar-refractivity contribution is 0.208. The first-order valence-electron chi connectivity index (χ1n) is 29.7. The van der Waals surface area contributed by atoms with Gasteiger partial charge in [0.25, 0.3) is 0 Å². The van der Waals surface area contributed by atoms with E-state index < -0.39 is 0 Å². The van der Waals surface area contributed by atoms with Crippen LogP contribution in [0.3, 0.4) is 0 Å². The highest BCUT2D eigenvalue weighted by molar-refractivity contribution is 8.04. The molecule has 0 bridgehead atoms. The van der Waals surface area contributed by atoms with Gasteiger partial charge in [-0.25, -0.2) is 0 Å². The quantitative estimate of drug-likeness (QED) is 0.164. The van der Waals surface area contributed by atoms with E-state index in [1.165, 1.54) is 70.5 Å². The number of hydrogen-bond donors (Lipinski definition) is 0. The minimum Gasteiger partial charge on any atom is -0.470 e. The van der Waals surface area contributed by atoms with Gasteiger partial charge in [0, 0.05) is 59.6 Å². The molecule has 4 nitrogen and oxygen atoms in total. The summed E-state index contributed by atoms with van der Waals surface area (Å²) in [6, 6.07) is 88.7. The average molecular weight is 1120 g/mol. The molecule has 2 aliphatic carbocycles. The standard InChI is InChI=1S/C38H25BN2O2.C38H31BS2/c1-3-14-25(15-4-1)40-30-21-11-9-19-28(30)33-37(40)42-32-23-24-13-7-8-18-27(24)36-35(32)39(33)34-29-20-10-12-22-31(29)41(38(34)43-36)26-16-5-2-6-17-26;1-37(2)28-17-9-8-15-25(28)32-35(37)40-30-18-11-19-31-34(30)39(32)33-27-20-23-14-10-16-24(22-12-6-5-7-13-22)26(23)21-29(27)38(3,4)36(33)41-31/h1-23,34,38H;5-21,33,36H,1-4H3. The van der Waals surface area contributed by atoms with Crippen LogP contribution in [0.4, 0.5) is 11.4 Å². The molecular weight excluding hydrogens is 1060 g/mol. The van der Waals surface area contributed by atoms with Crippen molar-refractivity contribution in [1.82, 2.24) is 4.57 Å². The summed E-state index contributed by atoms with van der Waals surface area (Å²) < 4.78 is 16.5. The van der Waals surface area contributed by atoms with Crippen molar-refractivity contribution in [2.24, 2.45) is 0 Å². The van der Waals surface area contributed by atoms with Gasteiger partial charge < -0.3 is 14.4 Å². The number of benzene rings is 11. The first kappa shape index (κ1) is 48.9. The van der Waals surface area contributed by atoms with Crippen LogP contribution in [0.1, 0.15) is 67.1 Å².